The molecule has 33 heavy (non-hydrogen) atoms. The average Bonchev–Trinajstić information content (AvgIpc) is 2.77. The standard InChI is InChI=1S/C21H18N2O10/c1-33-19-9-13(8-18(21(19)28)23(31)32)3-5-16(26)10-15(25)4-2-12-6-14(11-24)20(27)17(7-12)22(29)30/h2-9,24,27-28H,10-11H2,1H3/b4-2+,5-3+. The Bertz CT molecular complexity index is 1090. The smallest absolute Gasteiger partial charge is 0.315 e. The van der Waals surface area contributed by atoms with E-state index >= 15 is 0 Å². The van der Waals surface area contributed by atoms with E-state index in [0.717, 1.165) is 24.3 Å². The zero-order chi connectivity index (χ0) is 24.7. The van der Waals surface area contributed by atoms with E-state index in [1.54, 1.807) is 0 Å². The number of phenols is 2. The molecule has 2 aromatic rings. The van der Waals surface area contributed by atoms with Gasteiger partial charge in [-0.3, -0.25) is 29.8 Å². The Hall–Kier alpha value is -4.58. The highest BCUT2D eigenvalue weighted by molar-refractivity contribution is 6.11. The maximum Gasteiger partial charge on any atom is 0.315 e. The number of phenolic OH excluding ortho intramolecular Hbond substituents is 1. The van der Waals surface area contributed by atoms with Gasteiger partial charge >= 0.3 is 11.4 Å². The summed E-state index contributed by atoms with van der Waals surface area (Å²) in [5.41, 5.74) is -1.03. The van der Waals surface area contributed by atoms with E-state index in [1.807, 2.05) is 0 Å². The molecule has 0 bridgehead atoms. The molecule has 12 heteroatoms. The molecule has 12 nitrogen and oxygen atoms in total. The van der Waals surface area contributed by atoms with Crippen molar-refractivity contribution in [1.82, 2.24) is 0 Å². The Kier molecular flexibility index (Phi) is 7.96. The summed E-state index contributed by atoms with van der Waals surface area (Å²) in [6.45, 7) is -0.661. The molecule has 0 saturated heterocycles. The number of aromatic hydroxyl groups is 2. The van der Waals surface area contributed by atoms with Crippen molar-refractivity contribution < 1.29 is 39.5 Å². The third-order valence-corrected chi connectivity index (χ3v) is 4.32. The molecule has 0 unspecified atom stereocenters. The van der Waals surface area contributed by atoms with Crippen LogP contribution in [0.5, 0.6) is 17.2 Å². The van der Waals surface area contributed by atoms with Crippen LogP contribution in [0.1, 0.15) is 23.1 Å². The van der Waals surface area contributed by atoms with E-state index in [-0.39, 0.29) is 22.4 Å². The summed E-state index contributed by atoms with van der Waals surface area (Å²) < 4.78 is 4.86. The van der Waals surface area contributed by atoms with Crippen molar-refractivity contribution in [1.29, 1.82) is 0 Å². The quantitative estimate of drug-likeness (QED) is 0.206. The highest BCUT2D eigenvalue weighted by Gasteiger charge is 2.20. The fourth-order valence-electron chi connectivity index (χ4n) is 2.73. The van der Waals surface area contributed by atoms with Gasteiger partial charge in [0.1, 0.15) is 0 Å². The van der Waals surface area contributed by atoms with Crippen LogP contribution in [0.3, 0.4) is 0 Å². The fraction of sp³-hybridized carbons (Fsp3) is 0.143. The number of aliphatic hydroxyl groups excluding tert-OH is 1. The van der Waals surface area contributed by atoms with Crippen LogP contribution in [-0.2, 0) is 16.2 Å². The van der Waals surface area contributed by atoms with Crippen molar-refractivity contribution in [2.24, 2.45) is 0 Å². The maximum absolute atomic E-state index is 12.1. The van der Waals surface area contributed by atoms with Gasteiger partial charge in [0, 0.05) is 17.7 Å². The third kappa shape index (κ3) is 6.21. The lowest BCUT2D eigenvalue weighted by Gasteiger charge is -2.05. The minimum Gasteiger partial charge on any atom is -0.502 e. The first-order valence-corrected chi connectivity index (χ1v) is 9.15. The molecule has 0 spiro atoms. The molecule has 0 fully saturated rings. The number of allylic oxidation sites excluding steroid dienone is 2. The number of hydrogen-bond donors (Lipinski definition) is 3. The van der Waals surface area contributed by atoms with Crippen LogP contribution >= 0.6 is 0 Å². The van der Waals surface area contributed by atoms with E-state index in [0.29, 0.717) is 0 Å². The topological polar surface area (TPSA) is 190 Å². The summed E-state index contributed by atoms with van der Waals surface area (Å²) in [5.74, 6) is -2.78. The van der Waals surface area contributed by atoms with Crippen molar-refractivity contribution in [3.63, 3.8) is 0 Å². The van der Waals surface area contributed by atoms with Gasteiger partial charge in [0.25, 0.3) is 0 Å². The first-order chi connectivity index (χ1) is 15.6. The molecule has 0 aromatic heterocycles. The maximum atomic E-state index is 12.1. The number of hydrogen-bond acceptors (Lipinski definition) is 10. The van der Waals surface area contributed by atoms with Gasteiger partial charge in [-0.1, -0.05) is 12.2 Å². The Morgan fingerprint density at radius 2 is 1.39 bits per heavy atom. The monoisotopic (exact) mass is 458 g/mol. The fourth-order valence-corrected chi connectivity index (χ4v) is 2.73. The summed E-state index contributed by atoms with van der Waals surface area (Å²) >= 11 is 0. The molecular weight excluding hydrogens is 440 g/mol. The van der Waals surface area contributed by atoms with Gasteiger partial charge in [-0.25, -0.2) is 0 Å². The molecule has 0 radical (unpaired) electrons. The molecule has 3 N–H and O–H groups in total. The number of methoxy groups -OCH3 is 1. The lowest BCUT2D eigenvalue weighted by atomic mass is 10.1. The van der Waals surface area contributed by atoms with Gasteiger partial charge in [-0.05, 0) is 35.4 Å². The molecule has 172 valence electrons. The molecule has 0 aliphatic heterocycles. The zero-order valence-electron chi connectivity index (χ0n) is 17.1. The van der Waals surface area contributed by atoms with Gasteiger partial charge in [0.2, 0.25) is 5.75 Å². The Morgan fingerprint density at radius 3 is 1.85 bits per heavy atom. The first-order valence-electron chi connectivity index (χ1n) is 9.15. The molecule has 2 aromatic carbocycles. The van der Waals surface area contributed by atoms with E-state index in [2.05, 4.69) is 0 Å². The van der Waals surface area contributed by atoms with Crippen LogP contribution in [0.4, 0.5) is 11.4 Å². The normalized spacial score (nSPS) is 11.1. The van der Waals surface area contributed by atoms with Gasteiger partial charge < -0.3 is 20.1 Å². The van der Waals surface area contributed by atoms with Crippen molar-refractivity contribution in [2.75, 3.05) is 7.11 Å². The number of benzene rings is 2. The number of nitro benzene ring substituents is 2. The predicted molar refractivity (Wildman–Crippen MR) is 115 cm³/mol. The number of nitrogens with zero attached hydrogens (tertiary/aromatic N) is 2. The summed E-state index contributed by atoms with van der Waals surface area (Å²) in [6.07, 6.45) is 3.88. The minimum absolute atomic E-state index is 0.103. The molecule has 0 atom stereocenters. The first kappa shape index (κ1) is 24.7. The van der Waals surface area contributed by atoms with Gasteiger partial charge in [-0.15, -0.1) is 0 Å². The Labute approximate surface area is 186 Å². The van der Waals surface area contributed by atoms with Crippen LogP contribution in [-0.4, -0.2) is 43.8 Å². The van der Waals surface area contributed by atoms with Crippen LogP contribution in [0, 0.1) is 20.2 Å². The molecular formula is C21H18N2O10. The minimum atomic E-state index is -0.843. The third-order valence-electron chi connectivity index (χ3n) is 4.32. The number of carbonyl (C=O) groups is 2. The van der Waals surface area contributed by atoms with Gasteiger partial charge in [0.05, 0.1) is 30.0 Å². The summed E-state index contributed by atoms with van der Waals surface area (Å²) in [5, 5.41) is 50.7. The number of ether oxygens (including phenoxy) is 1. The number of rotatable bonds is 10. The molecule has 0 heterocycles. The van der Waals surface area contributed by atoms with Crippen molar-refractivity contribution in [3.05, 3.63) is 73.3 Å². The summed E-state index contributed by atoms with van der Waals surface area (Å²) in [7, 11) is 1.20. The van der Waals surface area contributed by atoms with Crippen LogP contribution in [0.2, 0.25) is 0 Å². The molecule has 0 saturated carbocycles. The largest absolute Gasteiger partial charge is 0.502 e. The highest BCUT2D eigenvalue weighted by Crippen LogP contribution is 2.37. The average molecular weight is 458 g/mol. The SMILES string of the molecule is COc1cc(/C=C/C(=O)CC(=O)/C=C/c2cc(CO)c(O)c([N+](=O)[O-])c2)cc([N+](=O)[O-])c1O. The second kappa shape index (κ2) is 10.6. The number of aliphatic hydroxyl groups is 1. The van der Waals surface area contributed by atoms with E-state index in [9.17, 15) is 45.1 Å². The Morgan fingerprint density at radius 1 is 0.909 bits per heavy atom. The summed E-state index contributed by atoms with van der Waals surface area (Å²) in [6, 6.07) is 4.55. The van der Waals surface area contributed by atoms with Crippen molar-refractivity contribution in [2.45, 2.75) is 13.0 Å². The molecule has 0 aliphatic carbocycles. The van der Waals surface area contributed by atoms with Crippen molar-refractivity contribution in [3.8, 4) is 17.2 Å². The number of ketones is 2. The van der Waals surface area contributed by atoms with E-state index in [4.69, 9.17) is 4.74 Å². The lowest BCUT2D eigenvalue weighted by molar-refractivity contribution is -0.386. The molecule has 2 rings (SSSR count). The Balaban J connectivity index is 2.14. The van der Waals surface area contributed by atoms with Gasteiger partial charge in [0.15, 0.2) is 23.1 Å². The predicted octanol–water partition coefficient (Wildman–Crippen LogP) is 2.67. The van der Waals surface area contributed by atoms with E-state index in [1.165, 1.54) is 31.4 Å². The van der Waals surface area contributed by atoms with Crippen LogP contribution < -0.4 is 4.74 Å². The zero-order valence-corrected chi connectivity index (χ0v) is 17.1. The number of carbonyl (C=O) groups excluding carboxylic acids is 2. The van der Waals surface area contributed by atoms with Crippen molar-refractivity contribution >= 4 is 35.1 Å². The lowest BCUT2D eigenvalue weighted by Crippen LogP contribution is -2.02. The second-order valence-electron chi connectivity index (χ2n) is 6.59. The highest BCUT2D eigenvalue weighted by atomic mass is 16.6. The summed E-state index contributed by atoms with van der Waals surface area (Å²) in [4.78, 5) is 44.5. The molecule has 0 aliphatic rings. The van der Waals surface area contributed by atoms with Gasteiger partial charge in [-0.2, -0.15) is 0 Å². The van der Waals surface area contributed by atoms with Crippen LogP contribution in [0.15, 0.2) is 36.4 Å². The van der Waals surface area contributed by atoms with Crippen LogP contribution in [0.25, 0.3) is 12.2 Å². The second-order valence-corrected chi connectivity index (χ2v) is 6.59. The van der Waals surface area contributed by atoms with E-state index < -0.39 is 57.3 Å². The molecule has 0 amide bonds. The number of nitro groups is 2.